The average molecular weight is 341 g/mol. The Bertz CT molecular complexity index is 454. The molecule has 1 aliphatic carbocycles. The van der Waals surface area contributed by atoms with E-state index in [1.165, 1.54) is 0 Å². The van der Waals surface area contributed by atoms with Gasteiger partial charge in [0, 0.05) is 50.8 Å². The van der Waals surface area contributed by atoms with Crippen molar-refractivity contribution >= 4 is 5.96 Å². The highest BCUT2D eigenvalue weighted by Crippen LogP contribution is 2.51. The smallest absolute Gasteiger partial charge is 0.191 e. The molecule has 1 saturated carbocycles. The van der Waals surface area contributed by atoms with E-state index in [4.69, 9.17) is 9.47 Å². The zero-order chi connectivity index (χ0) is 18.0. The minimum atomic E-state index is -0.0694. The van der Waals surface area contributed by atoms with E-state index in [1.54, 1.807) is 7.11 Å². The molecule has 0 spiro atoms. The first-order valence-electron chi connectivity index (χ1n) is 9.11. The molecule has 2 fully saturated rings. The van der Waals surface area contributed by atoms with Gasteiger partial charge >= 0.3 is 0 Å². The van der Waals surface area contributed by atoms with Gasteiger partial charge in [-0.25, -0.2) is 0 Å². The van der Waals surface area contributed by atoms with Crippen molar-refractivity contribution in [1.82, 2.24) is 15.5 Å². The molecule has 2 rings (SSSR count). The summed E-state index contributed by atoms with van der Waals surface area (Å²) in [5.74, 6) is 0.874. The van der Waals surface area contributed by atoms with E-state index in [2.05, 4.69) is 55.1 Å². The average Bonchev–Trinajstić information content (AvgIpc) is 2.57. The van der Waals surface area contributed by atoms with Crippen LogP contribution in [0.2, 0.25) is 0 Å². The van der Waals surface area contributed by atoms with E-state index in [1.807, 2.05) is 7.05 Å². The summed E-state index contributed by atoms with van der Waals surface area (Å²) in [6, 6.07) is 1.28. The van der Waals surface area contributed by atoms with Crippen LogP contribution in [-0.2, 0) is 9.47 Å². The van der Waals surface area contributed by atoms with Crippen molar-refractivity contribution in [1.29, 1.82) is 0 Å². The SMILES string of the molecule is CN=C(NCC(C)N1CCOCC1C)NC1CC(C)(OC)C1(C)C. The fraction of sp³-hybridized carbons (Fsp3) is 0.944. The van der Waals surface area contributed by atoms with E-state index < -0.39 is 0 Å². The molecule has 1 saturated heterocycles. The molecule has 0 radical (unpaired) electrons. The summed E-state index contributed by atoms with van der Waals surface area (Å²) in [6.45, 7) is 14.7. The third-order valence-electron chi connectivity index (χ3n) is 6.36. The van der Waals surface area contributed by atoms with Crippen LogP contribution in [0.4, 0.5) is 0 Å². The van der Waals surface area contributed by atoms with Gasteiger partial charge in [-0.1, -0.05) is 13.8 Å². The lowest BCUT2D eigenvalue weighted by atomic mass is 9.56. The molecule has 2 N–H and O–H groups in total. The van der Waals surface area contributed by atoms with Gasteiger partial charge in [0.25, 0.3) is 0 Å². The number of nitrogens with one attached hydrogen (secondary N) is 2. The Morgan fingerprint density at radius 2 is 2.12 bits per heavy atom. The van der Waals surface area contributed by atoms with E-state index in [0.29, 0.717) is 18.1 Å². The third-order valence-corrected chi connectivity index (χ3v) is 6.36. The molecule has 0 bridgehead atoms. The highest BCUT2D eigenvalue weighted by Gasteiger charge is 2.58. The number of nitrogens with zero attached hydrogens (tertiary/aromatic N) is 2. The summed E-state index contributed by atoms with van der Waals surface area (Å²) in [7, 11) is 3.63. The van der Waals surface area contributed by atoms with Gasteiger partial charge in [0.15, 0.2) is 5.96 Å². The van der Waals surface area contributed by atoms with Crippen molar-refractivity contribution in [2.45, 2.75) is 64.8 Å². The normalized spacial score (nSPS) is 35.2. The lowest BCUT2D eigenvalue weighted by Gasteiger charge is -2.59. The Balaban J connectivity index is 1.83. The Labute approximate surface area is 147 Å². The summed E-state index contributed by atoms with van der Waals surface area (Å²) in [6.07, 6.45) is 0.993. The Morgan fingerprint density at radius 3 is 2.67 bits per heavy atom. The maximum Gasteiger partial charge on any atom is 0.191 e. The number of morpholine rings is 1. The Morgan fingerprint density at radius 1 is 1.42 bits per heavy atom. The van der Waals surface area contributed by atoms with E-state index in [9.17, 15) is 0 Å². The molecule has 0 aromatic carbocycles. The van der Waals surface area contributed by atoms with Crippen LogP contribution in [0.25, 0.3) is 0 Å². The summed E-state index contributed by atoms with van der Waals surface area (Å²) < 4.78 is 11.2. The van der Waals surface area contributed by atoms with Gasteiger partial charge in [0.2, 0.25) is 0 Å². The number of aliphatic imine (C=N–C) groups is 1. The summed E-state index contributed by atoms with van der Waals surface area (Å²) in [4.78, 5) is 6.89. The zero-order valence-electron chi connectivity index (χ0n) is 16.5. The predicted octanol–water partition coefficient (Wildman–Crippen LogP) is 1.46. The molecule has 0 amide bonds. The topological polar surface area (TPSA) is 58.1 Å². The van der Waals surface area contributed by atoms with Crippen molar-refractivity contribution in [2.24, 2.45) is 10.4 Å². The summed E-state index contributed by atoms with van der Waals surface area (Å²) in [5, 5.41) is 7.05. The quantitative estimate of drug-likeness (QED) is 0.586. The van der Waals surface area contributed by atoms with Crippen LogP contribution < -0.4 is 10.6 Å². The van der Waals surface area contributed by atoms with Gasteiger partial charge in [-0.2, -0.15) is 0 Å². The first-order chi connectivity index (χ1) is 11.2. The first kappa shape index (κ1) is 19.5. The molecule has 6 nitrogen and oxygen atoms in total. The molecule has 24 heavy (non-hydrogen) atoms. The van der Waals surface area contributed by atoms with Crippen LogP contribution in [0.3, 0.4) is 0 Å². The van der Waals surface area contributed by atoms with Gasteiger partial charge in [0.1, 0.15) is 0 Å². The van der Waals surface area contributed by atoms with Crippen molar-refractivity contribution in [3.8, 4) is 0 Å². The molecule has 0 aromatic heterocycles. The first-order valence-corrected chi connectivity index (χ1v) is 9.11. The Hall–Kier alpha value is -0.850. The van der Waals surface area contributed by atoms with Crippen molar-refractivity contribution in [3.05, 3.63) is 0 Å². The highest BCUT2D eigenvalue weighted by molar-refractivity contribution is 5.80. The van der Waals surface area contributed by atoms with Crippen LogP contribution in [0.5, 0.6) is 0 Å². The molecule has 4 unspecified atom stereocenters. The predicted molar refractivity (Wildman–Crippen MR) is 98.5 cm³/mol. The molecule has 140 valence electrons. The molecular weight excluding hydrogens is 304 g/mol. The maximum absolute atomic E-state index is 5.70. The Kier molecular flexibility index (Phi) is 6.15. The van der Waals surface area contributed by atoms with E-state index in [-0.39, 0.29) is 11.0 Å². The molecule has 4 atom stereocenters. The molecular formula is C18H36N4O2. The van der Waals surface area contributed by atoms with Crippen molar-refractivity contribution in [2.75, 3.05) is 40.5 Å². The maximum atomic E-state index is 5.70. The number of guanidine groups is 1. The van der Waals surface area contributed by atoms with Crippen LogP contribution in [0.1, 0.15) is 41.0 Å². The molecule has 6 heteroatoms. The number of rotatable bonds is 5. The molecule has 1 heterocycles. The molecule has 2 aliphatic rings. The monoisotopic (exact) mass is 340 g/mol. The largest absolute Gasteiger partial charge is 0.379 e. The van der Waals surface area contributed by atoms with Gasteiger partial charge < -0.3 is 20.1 Å². The van der Waals surface area contributed by atoms with E-state index in [0.717, 1.165) is 38.7 Å². The van der Waals surface area contributed by atoms with Crippen LogP contribution in [-0.4, -0.2) is 75.0 Å². The van der Waals surface area contributed by atoms with Crippen LogP contribution >= 0.6 is 0 Å². The summed E-state index contributed by atoms with van der Waals surface area (Å²) in [5.41, 5.74) is 0.00372. The van der Waals surface area contributed by atoms with Gasteiger partial charge in [0.05, 0.1) is 18.8 Å². The van der Waals surface area contributed by atoms with E-state index >= 15 is 0 Å². The van der Waals surface area contributed by atoms with Crippen LogP contribution in [0, 0.1) is 5.41 Å². The van der Waals surface area contributed by atoms with Gasteiger partial charge in [-0.15, -0.1) is 0 Å². The standard InChI is InChI=1S/C18H36N4O2/c1-13(22-8-9-24-12-14(22)2)11-20-16(19-6)21-15-10-18(5,23-7)17(15,3)4/h13-15H,8-12H2,1-7H3,(H2,19,20,21). The van der Waals surface area contributed by atoms with Gasteiger partial charge in [-0.05, 0) is 27.2 Å². The second kappa shape index (κ2) is 7.58. The minimum Gasteiger partial charge on any atom is -0.379 e. The minimum absolute atomic E-state index is 0.0694. The summed E-state index contributed by atoms with van der Waals surface area (Å²) >= 11 is 0. The number of hydrogen-bond donors (Lipinski definition) is 2. The fourth-order valence-corrected chi connectivity index (χ4v) is 3.84. The number of ether oxygens (including phenoxy) is 2. The molecule has 0 aromatic rings. The van der Waals surface area contributed by atoms with Crippen LogP contribution in [0.15, 0.2) is 4.99 Å². The second-order valence-corrected chi connectivity index (χ2v) is 8.02. The second-order valence-electron chi connectivity index (χ2n) is 8.02. The lowest BCUT2D eigenvalue weighted by molar-refractivity contribution is -0.176. The fourth-order valence-electron chi connectivity index (χ4n) is 3.84. The number of hydrogen-bond acceptors (Lipinski definition) is 4. The van der Waals surface area contributed by atoms with Gasteiger partial charge in [-0.3, -0.25) is 9.89 Å². The third kappa shape index (κ3) is 3.70. The molecule has 1 aliphatic heterocycles. The van der Waals surface area contributed by atoms with Crippen molar-refractivity contribution in [3.63, 3.8) is 0 Å². The zero-order valence-corrected chi connectivity index (χ0v) is 16.5. The highest BCUT2D eigenvalue weighted by atomic mass is 16.5. The number of methoxy groups -OCH3 is 1. The van der Waals surface area contributed by atoms with Crippen molar-refractivity contribution < 1.29 is 9.47 Å². The lowest BCUT2D eigenvalue weighted by Crippen LogP contribution is -2.69.